The minimum absolute atomic E-state index is 0.886. The Morgan fingerprint density at radius 2 is 1.67 bits per heavy atom. The fourth-order valence-electron chi connectivity index (χ4n) is 1.53. The summed E-state index contributed by atoms with van der Waals surface area (Å²) in [5.41, 5.74) is 0. The van der Waals surface area contributed by atoms with E-state index in [1.165, 1.54) is 56.5 Å². The monoisotopic (exact) mass is 228 g/mol. The van der Waals surface area contributed by atoms with E-state index in [1.54, 1.807) is 0 Å². The van der Waals surface area contributed by atoms with E-state index in [-0.39, 0.29) is 0 Å². The van der Waals surface area contributed by atoms with Crippen LogP contribution >= 0.6 is 11.8 Å². The van der Waals surface area contributed by atoms with Crippen molar-refractivity contribution < 1.29 is 0 Å². The van der Waals surface area contributed by atoms with Crippen molar-refractivity contribution in [1.29, 1.82) is 0 Å². The number of allylic oxidation sites excluding steroid dienone is 1. The number of thioether (sulfide) groups is 1. The predicted molar refractivity (Wildman–Crippen MR) is 74.7 cm³/mol. The maximum atomic E-state index is 3.74. The fourth-order valence-corrected chi connectivity index (χ4v) is 2.55. The Morgan fingerprint density at radius 1 is 1.00 bits per heavy atom. The average Bonchev–Trinajstić information content (AvgIpc) is 2.20. The zero-order valence-electron chi connectivity index (χ0n) is 10.6. The van der Waals surface area contributed by atoms with E-state index < -0.39 is 0 Å². The van der Waals surface area contributed by atoms with E-state index in [0.29, 0.717) is 0 Å². The molecule has 0 aliphatic carbocycles. The molecule has 0 aliphatic rings. The van der Waals surface area contributed by atoms with Gasteiger partial charge in [0.05, 0.1) is 0 Å². The van der Waals surface area contributed by atoms with E-state index in [2.05, 4.69) is 32.2 Å². The summed E-state index contributed by atoms with van der Waals surface area (Å²) < 4.78 is 0. The van der Waals surface area contributed by atoms with Gasteiger partial charge >= 0.3 is 0 Å². The summed E-state index contributed by atoms with van der Waals surface area (Å²) in [6, 6.07) is 0. The van der Waals surface area contributed by atoms with Crippen LogP contribution in [0.25, 0.3) is 0 Å². The topological polar surface area (TPSA) is 0 Å². The first-order valence-electron chi connectivity index (χ1n) is 6.46. The van der Waals surface area contributed by atoms with Crippen molar-refractivity contribution in [3.63, 3.8) is 0 Å². The molecule has 0 fully saturated rings. The smallest absolute Gasteiger partial charge is 0.00674 e. The van der Waals surface area contributed by atoms with Crippen LogP contribution in [0.2, 0.25) is 0 Å². The molecule has 0 saturated heterocycles. The van der Waals surface area contributed by atoms with E-state index in [0.717, 1.165) is 5.92 Å². The number of rotatable bonds is 11. The van der Waals surface area contributed by atoms with Gasteiger partial charge in [-0.2, -0.15) is 11.8 Å². The molecule has 1 heteroatoms. The highest BCUT2D eigenvalue weighted by molar-refractivity contribution is 7.99. The van der Waals surface area contributed by atoms with Crippen molar-refractivity contribution in [2.45, 2.75) is 58.8 Å². The quantitative estimate of drug-likeness (QED) is 0.342. The molecule has 15 heavy (non-hydrogen) atoms. The van der Waals surface area contributed by atoms with Crippen molar-refractivity contribution in [3.05, 3.63) is 12.7 Å². The summed E-state index contributed by atoms with van der Waals surface area (Å²) in [6.45, 7) is 8.36. The normalized spacial score (nSPS) is 10.9. The number of hydrogen-bond donors (Lipinski definition) is 0. The molecule has 0 aliphatic heterocycles. The zero-order chi connectivity index (χ0) is 11.4. The van der Waals surface area contributed by atoms with Gasteiger partial charge in [0.15, 0.2) is 0 Å². The lowest BCUT2D eigenvalue weighted by atomic mass is 10.1. The van der Waals surface area contributed by atoms with Gasteiger partial charge in [0.25, 0.3) is 0 Å². The Balaban J connectivity index is 2.89. The summed E-state index contributed by atoms with van der Waals surface area (Å²) in [6.07, 6.45) is 11.6. The highest BCUT2D eigenvalue weighted by atomic mass is 32.2. The SMILES string of the molecule is C=CCCCCSCCCCCC(C)C. The van der Waals surface area contributed by atoms with Gasteiger partial charge < -0.3 is 0 Å². The summed E-state index contributed by atoms with van der Waals surface area (Å²) in [5, 5.41) is 0. The van der Waals surface area contributed by atoms with Crippen LogP contribution < -0.4 is 0 Å². The van der Waals surface area contributed by atoms with Crippen LogP contribution in [-0.2, 0) is 0 Å². The van der Waals surface area contributed by atoms with E-state index in [1.807, 2.05) is 6.08 Å². The minimum atomic E-state index is 0.886. The third-order valence-corrected chi connectivity index (χ3v) is 3.67. The van der Waals surface area contributed by atoms with Gasteiger partial charge in [-0.1, -0.05) is 39.2 Å². The van der Waals surface area contributed by atoms with E-state index >= 15 is 0 Å². The van der Waals surface area contributed by atoms with Crippen molar-refractivity contribution >= 4 is 11.8 Å². The molecule has 0 rings (SSSR count). The molecule has 0 aromatic carbocycles. The standard InChI is InChI=1S/C14H28S/c1-4-5-6-9-12-15-13-10-7-8-11-14(2)3/h4,14H,1,5-13H2,2-3H3. The molecule has 0 radical (unpaired) electrons. The highest BCUT2D eigenvalue weighted by Crippen LogP contribution is 2.12. The average molecular weight is 228 g/mol. The van der Waals surface area contributed by atoms with Crippen LogP contribution in [-0.4, -0.2) is 11.5 Å². The molecule has 0 bridgehead atoms. The molecule has 0 spiro atoms. The van der Waals surface area contributed by atoms with Crippen LogP contribution in [0.5, 0.6) is 0 Å². The predicted octanol–water partition coefficient (Wildman–Crippen LogP) is 5.29. The number of hydrogen-bond acceptors (Lipinski definition) is 1. The summed E-state index contributed by atoms with van der Waals surface area (Å²) in [4.78, 5) is 0. The molecule has 90 valence electrons. The van der Waals surface area contributed by atoms with Gasteiger partial charge in [-0.15, -0.1) is 6.58 Å². The lowest BCUT2D eigenvalue weighted by Crippen LogP contribution is -1.89. The Hall–Kier alpha value is 0.0900. The van der Waals surface area contributed by atoms with Crippen LogP contribution in [0.15, 0.2) is 12.7 Å². The molecule has 0 aromatic rings. The lowest BCUT2D eigenvalue weighted by molar-refractivity contribution is 0.535. The maximum absolute atomic E-state index is 3.74. The molecular formula is C14H28S. The summed E-state index contributed by atoms with van der Waals surface area (Å²) >= 11 is 2.13. The largest absolute Gasteiger partial charge is 0.162 e. The molecule has 0 unspecified atom stereocenters. The molecule has 0 aromatic heterocycles. The van der Waals surface area contributed by atoms with Crippen LogP contribution in [0.3, 0.4) is 0 Å². The molecule has 0 nitrogen and oxygen atoms in total. The first kappa shape index (κ1) is 15.1. The second-order valence-electron chi connectivity index (χ2n) is 4.64. The third-order valence-electron chi connectivity index (χ3n) is 2.52. The van der Waals surface area contributed by atoms with E-state index in [9.17, 15) is 0 Å². The van der Waals surface area contributed by atoms with E-state index in [4.69, 9.17) is 0 Å². The van der Waals surface area contributed by atoms with Crippen molar-refractivity contribution in [2.75, 3.05) is 11.5 Å². The molecule has 0 saturated carbocycles. The Labute approximate surface area is 101 Å². The first-order valence-corrected chi connectivity index (χ1v) is 7.61. The summed E-state index contributed by atoms with van der Waals surface area (Å²) in [5.74, 6) is 3.60. The van der Waals surface area contributed by atoms with Crippen LogP contribution in [0.1, 0.15) is 58.8 Å². The second kappa shape index (κ2) is 12.2. The Morgan fingerprint density at radius 3 is 2.27 bits per heavy atom. The molecular weight excluding hydrogens is 200 g/mol. The second-order valence-corrected chi connectivity index (χ2v) is 5.86. The van der Waals surface area contributed by atoms with Crippen LogP contribution in [0, 0.1) is 5.92 Å². The first-order chi connectivity index (χ1) is 7.27. The van der Waals surface area contributed by atoms with Crippen molar-refractivity contribution in [1.82, 2.24) is 0 Å². The third kappa shape index (κ3) is 14.1. The zero-order valence-corrected chi connectivity index (χ0v) is 11.5. The Kier molecular flexibility index (Phi) is 12.2. The maximum Gasteiger partial charge on any atom is -0.00674 e. The molecule has 0 atom stereocenters. The minimum Gasteiger partial charge on any atom is -0.162 e. The highest BCUT2D eigenvalue weighted by Gasteiger charge is 1.94. The van der Waals surface area contributed by atoms with Crippen molar-refractivity contribution in [3.8, 4) is 0 Å². The fraction of sp³-hybridized carbons (Fsp3) is 0.857. The van der Waals surface area contributed by atoms with Gasteiger partial charge in [-0.3, -0.25) is 0 Å². The Bertz CT molecular complexity index is 129. The molecule has 0 N–H and O–H groups in total. The van der Waals surface area contributed by atoms with Gasteiger partial charge in [0.2, 0.25) is 0 Å². The number of unbranched alkanes of at least 4 members (excludes halogenated alkanes) is 4. The molecule has 0 heterocycles. The van der Waals surface area contributed by atoms with Gasteiger partial charge in [-0.25, -0.2) is 0 Å². The van der Waals surface area contributed by atoms with Gasteiger partial charge in [-0.05, 0) is 43.1 Å². The van der Waals surface area contributed by atoms with Crippen molar-refractivity contribution in [2.24, 2.45) is 5.92 Å². The molecule has 0 amide bonds. The summed E-state index contributed by atoms with van der Waals surface area (Å²) in [7, 11) is 0. The van der Waals surface area contributed by atoms with Crippen LogP contribution in [0.4, 0.5) is 0 Å². The lowest BCUT2D eigenvalue weighted by Gasteiger charge is -2.04. The van der Waals surface area contributed by atoms with Gasteiger partial charge in [0, 0.05) is 0 Å². The van der Waals surface area contributed by atoms with Gasteiger partial charge in [0.1, 0.15) is 0 Å².